The zero-order valence-corrected chi connectivity index (χ0v) is 14.0. The maximum absolute atomic E-state index is 12.7. The van der Waals surface area contributed by atoms with Gasteiger partial charge in [0.05, 0.1) is 0 Å². The lowest BCUT2D eigenvalue weighted by Crippen LogP contribution is -2.22. The van der Waals surface area contributed by atoms with E-state index in [1.165, 1.54) is 4.52 Å². The molecule has 0 saturated carbocycles. The van der Waals surface area contributed by atoms with E-state index in [-0.39, 0.29) is 18.4 Å². The van der Waals surface area contributed by atoms with E-state index in [1.807, 2.05) is 25.1 Å². The molecule has 3 aromatic rings. The number of aryl methyl sites for hydroxylation is 2. The average Bonchev–Trinajstić information content (AvgIpc) is 2.83. The Morgan fingerprint density at radius 2 is 2.12 bits per heavy atom. The summed E-state index contributed by atoms with van der Waals surface area (Å²) in [5.41, 5.74) is 3.66. The molecule has 6 nitrogen and oxygen atoms in total. The fourth-order valence-corrected chi connectivity index (χ4v) is 3.02. The largest absolute Gasteiger partial charge is 0.481 e. The lowest BCUT2D eigenvalue weighted by molar-refractivity contribution is -0.136. The highest BCUT2D eigenvalue weighted by molar-refractivity contribution is 6.30. The number of rotatable bonds is 4. The van der Waals surface area contributed by atoms with Crippen molar-refractivity contribution in [2.75, 3.05) is 0 Å². The number of benzene rings is 1. The highest BCUT2D eigenvalue weighted by Gasteiger charge is 2.18. The first-order valence-electron chi connectivity index (χ1n) is 7.47. The summed E-state index contributed by atoms with van der Waals surface area (Å²) in [6.45, 7) is 3.58. The van der Waals surface area contributed by atoms with Crippen molar-refractivity contribution in [2.24, 2.45) is 0 Å². The summed E-state index contributed by atoms with van der Waals surface area (Å²) in [6.07, 6.45) is 0.0468. The van der Waals surface area contributed by atoms with Gasteiger partial charge in [-0.15, -0.1) is 0 Å². The Kier molecular flexibility index (Phi) is 4.15. The number of fused-ring (bicyclic) bond motifs is 1. The van der Waals surface area contributed by atoms with E-state index in [0.29, 0.717) is 21.9 Å². The standard InChI is InChI=1S/C17H16ClN3O3/c1-9-13(6-7-14(22)23)17(24)21-16(19-9)15(10(2)20-21)11-4-3-5-12(18)8-11/h3-5,8,20H,6-7H2,1-2H3,(H,22,23). The van der Waals surface area contributed by atoms with Crippen LogP contribution in [0.1, 0.15) is 23.4 Å². The monoisotopic (exact) mass is 345 g/mol. The van der Waals surface area contributed by atoms with Crippen molar-refractivity contribution in [1.29, 1.82) is 0 Å². The van der Waals surface area contributed by atoms with E-state index in [1.54, 1.807) is 13.0 Å². The minimum Gasteiger partial charge on any atom is -0.481 e. The van der Waals surface area contributed by atoms with Crippen LogP contribution in [0, 0.1) is 13.8 Å². The molecule has 2 heterocycles. The molecule has 0 saturated heterocycles. The lowest BCUT2D eigenvalue weighted by Gasteiger charge is -2.05. The van der Waals surface area contributed by atoms with Crippen LogP contribution in [-0.2, 0) is 11.2 Å². The summed E-state index contributed by atoms with van der Waals surface area (Å²) in [5.74, 6) is -0.943. The summed E-state index contributed by atoms with van der Waals surface area (Å²) in [4.78, 5) is 28.0. The van der Waals surface area contributed by atoms with Gasteiger partial charge in [0, 0.05) is 34.0 Å². The zero-order chi connectivity index (χ0) is 17.4. The Bertz CT molecular complexity index is 1000. The van der Waals surface area contributed by atoms with Gasteiger partial charge in [0.25, 0.3) is 5.56 Å². The molecule has 0 bridgehead atoms. The number of carboxylic acid groups (broad SMARTS) is 1. The minimum absolute atomic E-state index is 0.106. The third kappa shape index (κ3) is 2.80. The van der Waals surface area contributed by atoms with E-state index in [9.17, 15) is 9.59 Å². The summed E-state index contributed by atoms with van der Waals surface area (Å²) < 4.78 is 1.37. The highest BCUT2D eigenvalue weighted by atomic mass is 35.5. The normalized spacial score (nSPS) is 11.1. The summed E-state index contributed by atoms with van der Waals surface area (Å²) in [7, 11) is 0. The van der Waals surface area contributed by atoms with Gasteiger partial charge in [0.1, 0.15) is 0 Å². The van der Waals surface area contributed by atoms with Crippen LogP contribution in [0.15, 0.2) is 29.1 Å². The first-order chi connectivity index (χ1) is 11.4. The summed E-state index contributed by atoms with van der Waals surface area (Å²) in [5, 5.41) is 12.5. The topological polar surface area (TPSA) is 87.5 Å². The third-order valence-electron chi connectivity index (χ3n) is 3.96. The third-order valence-corrected chi connectivity index (χ3v) is 4.20. The van der Waals surface area contributed by atoms with Crippen molar-refractivity contribution in [3.8, 4) is 11.1 Å². The number of aromatic amines is 1. The molecule has 0 amide bonds. The van der Waals surface area contributed by atoms with Crippen LogP contribution in [0.3, 0.4) is 0 Å². The van der Waals surface area contributed by atoms with Crippen molar-refractivity contribution in [3.05, 3.63) is 56.6 Å². The Balaban J connectivity index is 2.23. The predicted molar refractivity (Wildman–Crippen MR) is 91.7 cm³/mol. The van der Waals surface area contributed by atoms with Crippen LogP contribution >= 0.6 is 11.6 Å². The SMILES string of the molecule is Cc1nc2c(-c3cccc(Cl)c3)c(C)[nH]n2c(=O)c1CCC(=O)O. The first-order valence-corrected chi connectivity index (χ1v) is 7.85. The van der Waals surface area contributed by atoms with Crippen molar-refractivity contribution in [1.82, 2.24) is 14.6 Å². The van der Waals surface area contributed by atoms with Crippen LogP contribution in [0.5, 0.6) is 0 Å². The molecule has 0 atom stereocenters. The van der Waals surface area contributed by atoms with E-state index in [2.05, 4.69) is 10.1 Å². The van der Waals surface area contributed by atoms with Gasteiger partial charge in [0.2, 0.25) is 0 Å². The summed E-state index contributed by atoms with van der Waals surface area (Å²) >= 11 is 6.07. The lowest BCUT2D eigenvalue weighted by atomic mass is 10.1. The average molecular weight is 346 g/mol. The fourth-order valence-electron chi connectivity index (χ4n) is 2.83. The number of carboxylic acids is 1. The number of hydrogen-bond acceptors (Lipinski definition) is 3. The molecule has 2 aromatic heterocycles. The van der Waals surface area contributed by atoms with Gasteiger partial charge in [0.15, 0.2) is 5.65 Å². The number of carbonyl (C=O) groups is 1. The molecular weight excluding hydrogens is 330 g/mol. The van der Waals surface area contributed by atoms with Gasteiger partial charge < -0.3 is 5.11 Å². The molecule has 124 valence electrons. The number of aromatic nitrogens is 3. The number of aliphatic carboxylic acids is 1. The molecular formula is C17H16ClN3O3. The zero-order valence-electron chi connectivity index (χ0n) is 13.3. The number of nitrogens with one attached hydrogen (secondary N) is 1. The second-order valence-corrected chi connectivity index (χ2v) is 6.09. The molecule has 0 unspecified atom stereocenters. The molecule has 0 radical (unpaired) electrons. The first kappa shape index (κ1) is 16.3. The van der Waals surface area contributed by atoms with Crippen LogP contribution in [0.25, 0.3) is 16.8 Å². The summed E-state index contributed by atoms with van der Waals surface area (Å²) in [6, 6.07) is 7.34. The van der Waals surface area contributed by atoms with Crippen LogP contribution in [-0.4, -0.2) is 25.7 Å². The molecule has 2 N–H and O–H groups in total. The molecule has 0 aliphatic rings. The Morgan fingerprint density at radius 3 is 2.79 bits per heavy atom. The van der Waals surface area contributed by atoms with Gasteiger partial charge in [-0.3, -0.25) is 14.7 Å². The highest BCUT2D eigenvalue weighted by Crippen LogP contribution is 2.28. The number of halogens is 1. The Morgan fingerprint density at radius 1 is 1.38 bits per heavy atom. The van der Waals surface area contributed by atoms with Crippen LogP contribution in [0.4, 0.5) is 0 Å². The van der Waals surface area contributed by atoms with Crippen molar-refractivity contribution in [2.45, 2.75) is 26.7 Å². The number of hydrogen-bond donors (Lipinski definition) is 2. The van der Waals surface area contributed by atoms with Crippen LogP contribution in [0.2, 0.25) is 5.02 Å². The molecule has 24 heavy (non-hydrogen) atoms. The molecule has 7 heteroatoms. The molecule has 0 aliphatic carbocycles. The van der Waals surface area contributed by atoms with Gasteiger partial charge >= 0.3 is 5.97 Å². The molecule has 1 aromatic carbocycles. The number of nitrogens with zero attached hydrogens (tertiary/aromatic N) is 2. The van der Waals surface area contributed by atoms with Gasteiger partial charge in [-0.05, 0) is 38.0 Å². The number of H-pyrrole nitrogens is 1. The second kappa shape index (κ2) is 6.13. The van der Waals surface area contributed by atoms with E-state index in [0.717, 1.165) is 16.8 Å². The quantitative estimate of drug-likeness (QED) is 0.761. The van der Waals surface area contributed by atoms with E-state index in [4.69, 9.17) is 16.7 Å². The Hall–Kier alpha value is -2.60. The van der Waals surface area contributed by atoms with Crippen LogP contribution < -0.4 is 5.56 Å². The maximum atomic E-state index is 12.7. The second-order valence-electron chi connectivity index (χ2n) is 5.66. The van der Waals surface area contributed by atoms with E-state index < -0.39 is 5.97 Å². The van der Waals surface area contributed by atoms with Gasteiger partial charge in [-0.25, -0.2) is 9.50 Å². The molecule has 0 fully saturated rings. The predicted octanol–water partition coefficient (Wildman–Crippen LogP) is 2.98. The maximum Gasteiger partial charge on any atom is 0.303 e. The fraction of sp³-hybridized carbons (Fsp3) is 0.235. The minimum atomic E-state index is -0.943. The van der Waals surface area contributed by atoms with Gasteiger partial charge in [-0.1, -0.05) is 23.7 Å². The van der Waals surface area contributed by atoms with E-state index >= 15 is 0 Å². The molecule has 0 aliphatic heterocycles. The van der Waals surface area contributed by atoms with Crippen molar-refractivity contribution < 1.29 is 9.90 Å². The molecule has 3 rings (SSSR count). The smallest absolute Gasteiger partial charge is 0.303 e. The van der Waals surface area contributed by atoms with Crippen molar-refractivity contribution in [3.63, 3.8) is 0 Å². The molecule has 0 spiro atoms. The van der Waals surface area contributed by atoms with Crippen molar-refractivity contribution >= 4 is 23.2 Å². The van der Waals surface area contributed by atoms with Gasteiger partial charge in [-0.2, -0.15) is 0 Å². The Labute approximate surface area is 142 Å².